The van der Waals surface area contributed by atoms with E-state index >= 15 is 0 Å². The van der Waals surface area contributed by atoms with Crippen molar-refractivity contribution in [1.29, 1.82) is 0 Å². The minimum atomic E-state index is -4.39. The highest BCUT2D eigenvalue weighted by molar-refractivity contribution is 7.86. The SMILES string of the molecule is COC(=O)C1CC(Nc2ccc(S(=O)(=O)O)cc2)C(C(=O)OC)CC1=Nc1ccc(S(=O)(=O)O)cc1. The van der Waals surface area contributed by atoms with Gasteiger partial charge in [-0.2, -0.15) is 16.8 Å². The highest BCUT2D eigenvalue weighted by Crippen LogP contribution is 2.33. The summed E-state index contributed by atoms with van der Waals surface area (Å²) in [6, 6.07) is 9.57. The zero-order valence-corrected chi connectivity index (χ0v) is 20.8. The zero-order chi connectivity index (χ0) is 26.7. The fourth-order valence-electron chi connectivity index (χ4n) is 3.92. The van der Waals surface area contributed by atoms with Crippen molar-refractivity contribution < 1.29 is 45.0 Å². The van der Waals surface area contributed by atoms with Crippen molar-refractivity contribution in [2.24, 2.45) is 16.8 Å². The maximum atomic E-state index is 12.6. The minimum Gasteiger partial charge on any atom is -0.469 e. The summed E-state index contributed by atoms with van der Waals surface area (Å²) in [6.45, 7) is 0. The Hall–Kier alpha value is -3.33. The fourth-order valence-corrected chi connectivity index (χ4v) is 4.88. The van der Waals surface area contributed by atoms with Crippen molar-refractivity contribution in [2.75, 3.05) is 19.5 Å². The van der Waals surface area contributed by atoms with Crippen LogP contribution < -0.4 is 5.32 Å². The van der Waals surface area contributed by atoms with Gasteiger partial charge in [0.05, 0.1) is 41.5 Å². The van der Waals surface area contributed by atoms with Gasteiger partial charge in [-0.05, 0) is 55.0 Å². The Kier molecular flexibility index (Phi) is 8.13. The number of carbonyl (C=O) groups is 2. The molecule has 2 aromatic rings. The summed E-state index contributed by atoms with van der Waals surface area (Å²) in [5.41, 5.74) is 1.05. The molecule has 1 aliphatic rings. The van der Waals surface area contributed by atoms with Gasteiger partial charge in [-0.3, -0.25) is 23.7 Å². The van der Waals surface area contributed by atoms with E-state index in [-0.39, 0.29) is 22.6 Å². The Morgan fingerprint density at radius 3 is 1.83 bits per heavy atom. The third-order valence-electron chi connectivity index (χ3n) is 5.71. The molecule has 0 spiro atoms. The third-order valence-corrected chi connectivity index (χ3v) is 7.44. The van der Waals surface area contributed by atoms with Gasteiger partial charge in [0.1, 0.15) is 0 Å². The van der Waals surface area contributed by atoms with Gasteiger partial charge in [-0.25, -0.2) is 0 Å². The van der Waals surface area contributed by atoms with Gasteiger partial charge in [-0.1, -0.05) is 0 Å². The number of hydrogen-bond donors (Lipinski definition) is 3. The van der Waals surface area contributed by atoms with E-state index in [9.17, 15) is 26.4 Å². The van der Waals surface area contributed by atoms with Crippen LogP contribution in [0.5, 0.6) is 0 Å². The highest BCUT2D eigenvalue weighted by Gasteiger charge is 2.42. The lowest BCUT2D eigenvalue weighted by atomic mass is 9.76. The number of nitrogens with one attached hydrogen (secondary N) is 1. The van der Waals surface area contributed by atoms with Crippen molar-refractivity contribution in [3.8, 4) is 0 Å². The quantitative estimate of drug-likeness (QED) is 0.345. The molecule has 0 bridgehead atoms. The molecule has 0 heterocycles. The summed E-state index contributed by atoms with van der Waals surface area (Å²) in [6.07, 6.45) is 0.0850. The van der Waals surface area contributed by atoms with Crippen LogP contribution in [-0.2, 0) is 39.3 Å². The highest BCUT2D eigenvalue weighted by atomic mass is 32.2. The molecule has 0 amide bonds. The average molecular weight is 541 g/mol. The summed E-state index contributed by atoms with van der Waals surface area (Å²) >= 11 is 0. The zero-order valence-electron chi connectivity index (χ0n) is 19.2. The van der Waals surface area contributed by atoms with Crippen molar-refractivity contribution in [2.45, 2.75) is 28.7 Å². The van der Waals surface area contributed by atoms with Gasteiger partial charge in [0.25, 0.3) is 20.2 Å². The van der Waals surface area contributed by atoms with Gasteiger partial charge in [-0.15, -0.1) is 0 Å². The van der Waals surface area contributed by atoms with Crippen molar-refractivity contribution in [1.82, 2.24) is 0 Å². The van der Waals surface area contributed by atoms with Gasteiger partial charge in [0.2, 0.25) is 0 Å². The minimum absolute atomic E-state index is 0.00720. The molecule has 3 rings (SSSR count). The maximum Gasteiger partial charge on any atom is 0.314 e. The lowest BCUT2D eigenvalue weighted by Crippen LogP contribution is -2.46. The van der Waals surface area contributed by atoms with Crippen LogP contribution in [-0.4, -0.2) is 63.9 Å². The van der Waals surface area contributed by atoms with E-state index in [0.29, 0.717) is 17.1 Å². The first-order valence-electron chi connectivity index (χ1n) is 10.5. The predicted molar refractivity (Wildman–Crippen MR) is 127 cm³/mol. The number of hydrogen-bond acceptors (Lipinski definition) is 10. The molecule has 0 radical (unpaired) electrons. The van der Waals surface area contributed by atoms with Crippen LogP contribution in [0.1, 0.15) is 12.8 Å². The van der Waals surface area contributed by atoms with E-state index in [1.165, 1.54) is 50.6 Å². The van der Waals surface area contributed by atoms with Crippen LogP contribution in [0.15, 0.2) is 63.3 Å². The molecular weight excluding hydrogens is 516 g/mol. The van der Waals surface area contributed by atoms with E-state index in [1.54, 1.807) is 0 Å². The Morgan fingerprint density at radius 2 is 1.36 bits per heavy atom. The van der Waals surface area contributed by atoms with Gasteiger partial charge >= 0.3 is 11.9 Å². The average Bonchev–Trinajstić information content (AvgIpc) is 2.83. The van der Waals surface area contributed by atoms with Crippen LogP contribution in [0, 0.1) is 11.8 Å². The molecule has 194 valence electrons. The van der Waals surface area contributed by atoms with Gasteiger partial charge < -0.3 is 14.8 Å². The molecule has 2 aromatic carbocycles. The number of anilines is 1. The first-order valence-corrected chi connectivity index (χ1v) is 13.4. The second kappa shape index (κ2) is 10.7. The predicted octanol–water partition coefficient (Wildman–Crippen LogP) is 2.11. The molecule has 36 heavy (non-hydrogen) atoms. The number of carbonyl (C=O) groups excluding carboxylic acids is 2. The van der Waals surface area contributed by atoms with Gasteiger partial charge in [0, 0.05) is 23.9 Å². The molecular formula is C22H24N2O10S2. The summed E-state index contributed by atoms with van der Waals surface area (Å²) in [5, 5.41) is 3.11. The Bertz CT molecular complexity index is 1370. The van der Waals surface area contributed by atoms with Gasteiger partial charge in [0.15, 0.2) is 0 Å². The van der Waals surface area contributed by atoms with Crippen molar-refractivity contribution >= 4 is 49.3 Å². The van der Waals surface area contributed by atoms with Crippen LogP contribution in [0.25, 0.3) is 0 Å². The summed E-state index contributed by atoms with van der Waals surface area (Å²) in [4.78, 5) is 29.0. The summed E-state index contributed by atoms with van der Waals surface area (Å²) in [5.74, 6) is -2.81. The van der Waals surface area contributed by atoms with E-state index in [0.717, 1.165) is 12.1 Å². The van der Waals surface area contributed by atoms with Crippen LogP contribution in [0.3, 0.4) is 0 Å². The lowest BCUT2D eigenvalue weighted by Gasteiger charge is -2.35. The molecule has 3 atom stereocenters. The summed E-state index contributed by atoms with van der Waals surface area (Å²) < 4.78 is 73.3. The molecule has 0 saturated heterocycles. The molecule has 14 heteroatoms. The van der Waals surface area contributed by atoms with Crippen LogP contribution in [0.2, 0.25) is 0 Å². The monoisotopic (exact) mass is 540 g/mol. The number of benzene rings is 2. The van der Waals surface area contributed by atoms with E-state index < -0.39 is 50.1 Å². The molecule has 1 saturated carbocycles. The Balaban J connectivity index is 1.94. The molecule has 3 N–H and O–H groups in total. The fraction of sp³-hybridized carbons (Fsp3) is 0.318. The standard InChI is InChI=1S/C22H24N2O10S2/c1-33-21(25)17-11-20(24-14-5-9-16(10-6-14)36(30,31)32)18(22(26)34-2)12-19(17)23-13-3-7-15(8-4-13)35(27,28)29/h3-10,17-19,23H,11-12H2,1-2H3,(H,27,28,29)(H,30,31,32). The second-order valence-electron chi connectivity index (χ2n) is 7.97. The largest absolute Gasteiger partial charge is 0.469 e. The van der Waals surface area contributed by atoms with E-state index in [4.69, 9.17) is 18.6 Å². The molecule has 12 nitrogen and oxygen atoms in total. The molecule has 0 aliphatic heterocycles. The second-order valence-corrected chi connectivity index (χ2v) is 10.8. The lowest BCUT2D eigenvalue weighted by molar-refractivity contribution is -0.148. The molecule has 1 fully saturated rings. The first kappa shape index (κ1) is 27.3. The number of esters is 2. The van der Waals surface area contributed by atoms with Crippen LogP contribution >= 0.6 is 0 Å². The van der Waals surface area contributed by atoms with Crippen molar-refractivity contribution in [3.63, 3.8) is 0 Å². The third kappa shape index (κ3) is 6.46. The topological polar surface area (TPSA) is 186 Å². The van der Waals surface area contributed by atoms with E-state index in [1.807, 2.05) is 0 Å². The Morgan fingerprint density at radius 1 is 0.861 bits per heavy atom. The maximum absolute atomic E-state index is 12.6. The Labute approximate surface area is 207 Å². The number of methoxy groups -OCH3 is 2. The van der Waals surface area contributed by atoms with Crippen molar-refractivity contribution in [3.05, 3.63) is 48.5 Å². The number of aliphatic imine (C=N–C) groups is 1. The number of nitrogens with zero attached hydrogens (tertiary/aromatic N) is 1. The normalized spacial score (nSPS) is 21.6. The van der Waals surface area contributed by atoms with Crippen LogP contribution in [0.4, 0.5) is 11.4 Å². The summed E-state index contributed by atoms with van der Waals surface area (Å²) in [7, 11) is -6.34. The molecule has 0 aromatic heterocycles. The molecule has 1 aliphatic carbocycles. The first-order chi connectivity index (χ1) is 16.8. The molecule has 3 unspecified atom stereocenters. The number of ether oxygens (including phenoxy) is 2. The van der Waals surface area contributed by atoms with E-state index in [2.05, 4.69) is 10.3 Å². The smallest absolute Gasteiger partial charge is 0.314 e. The number of rotatable bonds is 7.